The Bertz CT molecular complexity index is 947. The Balaban J connectivity index is 2.15. The van der Waals surface area contributed by atoms with Crippen LogP contribution in [0, 0.1) is 0 Å². The van der Waals surface area contributed by atoms with Crippen LogP contribution in [0.2, 0.25) is 0 Å². The molecule has 2 aromatic rings. The van der Waals surface area contributed by atoms with Crippen LogP contribution in [0.25, 0.3) is 6.08 Å². The maximum Gasteiger partial charge on any atom is 0.240 e. The van der Waals surface area contributed by atoms with E-state index in [9.17, 15) is 13.2 Å². The lowest BCUT2D eigenvalue weighted by Gasteiger charge is -2.09. The number of ether oxygens (including phenoxy) is 2. The van der Waals surface area contributed by atoms with Crippen molar-refractivity contribution in [3.05, 3.63) is 72.3 Å². The number of carbonyl (C=O) groups excluding carboxylic acids is 1. The van der Waals surface area contributed by atoms with Gasteiger partial charge >= 0.3 is 0 Å². The van der Waals surface area contributed by atoms with E-state index in [2.05, 4.69) is 11.3 Å². The Morgan fingerprint density at radius 2 is 1.85 bits per heavy atom. The van der Waals surface area contributed by atoms with Crippen molar-refractivity contribution in [3.63, 3.8) is 0 Å². The first kappa shape index (κ1) is 20.4. The molecule has 142 valence electrons. The maximum absolute atomic E-state index is 12.3. The number of hydrogen-bond donors (Lipinski definition) is 1. The first-order chi connectivity index (χ1) is 12.9. The largest absolute Gasteiger partial charge is 0.493 e. The van der Waals surface area contributed by atoms with Gasteiger partial charge in [-0.25, -0.2) is 13.1 Å². The predicted molar refractivity (Wildman–Crippen MR) is 105 cm³/mol. The van der Waals surface area contributed by atoms with Gasteiger partial charge in [0.2, 0.25) is 10.0 Å². The van der Waals surface area contributed by atoms with E-state index in [1.807, 2.05) is 0 Å². The van der Waals surface area contributed by atoms with Gasteiger partial charge < -0.3 is 9.47 Å². The molecule has 0 heterocycles. The molecule has 0 saturated carbocycles. The van der Waals surface area contributed by atoms with Gasteiger partial charge in [-0.05, 0) is 55.1 Å². The summed E-state index contributed by atoms with van der Waals surface area (Å²) >= 11 is 0. The molecular formula is C20H21NO5S. The standard InChI is InChI=1S/C20H21NO5S/c1-4-13-26-19-12-6-15(14-20(19)25-3)5-11-18(22)16-7-9-17(10-8-16)27(23,24)21-2/h4-12,14,21H,1,13H2,2-3H3/b11-5+. The molecule has 7 heteroatoms. The number of sulfonamides is 1. The summed E-state index contributed by atoms with van der Waals surface area (Å²) in [5.74, 6) is 0.893. The van der Waals surface area contributed by atoms with Crippen LogP contribution >= 0.6 is 0 Å². The fourth-order valence-corrected chi connectivity index (χ4v) is 2.97. The van der Waals surface area contributed by atoms with Crippen LogP contribution in [0.3, 0.4) is 0 Å². The third-order valence-electron chi connectivity index (χ3n) is 3.69. The molecule has 0 atom stereocenters. The first-order valence-corrected chi connectivity index (χ1v) is 9.57. The highest BCUT2D eigenvalue weighted by Crippen LogP contribution is 2.28. The summed E-state index contributed by atoms with van der Waals surface area (Å²) in [6.07, 6.45) is 4.71. The van der Waals surface area contributed by atoms with E-state index in [0.717, 1.165) is 5.56 Å². The Labute approximate surface area is 159 Å². The average Bonchev–Trinajstić information content (AvgIpc) is 2.70. The second kappa shape index (κ2) is 9.16. The summed E-state index contributed by atoms with van der Waals surface area (Å²) in [6.45, 7) is 3.96. The number of hydrogen-bond acceptors (Lipinski definition) is 5. The SMILES string of the molecule is C=CCOc1ccc(/C=C/C(=O)c2ccc(S(=O)(=O)NC)cc2)cc1OC. The van der Waals surface area contributed by atoms with E-state index in [4.69, 9.17) is 9.47 Å². The maximum atomic E-state index is 12.3. The number of methoxy groups -OCH3 is 1. The molecule has 1 N–H and O–H groups in total. The van der Waals surface area contributed by atoms with Crippen molar-refractivity contribution >= 4 is 21.9 Å². The summed E-state index contributed by atoms with van der Waals surface area (Å²) in [5, 5.41) is 0. The number of benzene rings is 2. The van der Waals surface area contributed by atoms with Crippen LogP contribution in [0.1, 0.15) is 15.9 Å². The number of rotatable bonds is 9. The van der Waals surface area contributed by atoms with Crippen LogP contribution in [0.15, 0.2) is 66.1 Å². The zero-order valence-electron chi connectivity index (χ0n) is 15.1. The third kappa shape index (κ3) is 5.29. The second-order valence-electron chi connectivity index (χ2n) is 5.44. The molecule has 27 heavy (non-hydrogen) atoms. The molecule has 0 aromatic heterocycles. The highest BCUT2D eigenvalue weighted by molar-refractivity contribution is 7.89. The van der Waals surface area contributed by atoms with Crippen molar-refractivity contribution in [3.8, 4) is 11.5 Å². The second-order valence-corrected chi connectivity index (χ2v) is 7.33. The van der Waals surface area contributed by atoms with Gasteiger partial charge in [-0.1, -0.05) is 24.8 Å². The average molecular weight is 387 g/mol. The van der Waals surface area contributed by atoms with Crippen LogP contribution in [0.5, 0.6) is 11.5 Å². The van der Waals surface area contributed by atoms with Crippen LogP contribution in [0.4, 0.5) is 0 Å². The van der Waals surface area contributed by atoms with E-state index < -0.39 is 10.0 Å². The van der Waals surface area contributed by atoms with Crippen LogP contribution < -0.4 is 14.2 Å². The number of nitrogens with one attached hydrogen (secondary N) is 1. The van der Waals surface area contributed by atoms with Gasteiger partial charge in [-0.3, -0.25) is 4.79 Å². The van der Waals surface area contributed by atoms with Crippen molar-refractivity contribution in [2.75, 3.05) is 20.8 Å². The molecule has 0 amide bonds. The molecule has 2 aromatic carbocycles. The number of carbonyl (C=O) groups is 1. The summed E-state index contributed by atoms with van der Waals surface area (Å²) in [5.41, 5.74) is 1.15. The molecule has 2 rings (SSSR count). The number of ketones is 1. The highest BCUT2D eigenvalue weighted by atomic mass is 32.2. The van der Waals surface area contributed by atoms with Crippen LogP contribution in [-0.2, 0) is 10.0 Å². The van der Waals surface area contributed by atoms with Gasteiger partial charge in [0, 0.05) is 5.56 Å². The molecule has 0 saturated heterocycles. The van der Waals surface area contributed by atoms with E-state index >= 15 is 0 Å². The Morgan fingerprint density at radius 3 is 2.44 bits per heavy atom. The predicted octanol–water partition coefficient (Wildman–Crippen LogP) is 3.06. The molecular weight excluding hydrogens is 366 g/mol. The molecule has 6 nitrogen and oxygen atoms in total. The minimum atomic E-state index is -3.53. The third-order valence-corrected chi connectivity index (χ3v) is 5.12. The molecule has 0 bridgehead atoms. The monoisotopic (exact) mass is 387 g/mol. The molecule has 0 aliphatic heterocycles. The molecule has 0 aliphatic rings. The van der Waals surface area contributed by atoms with Crippen molar-refractivity contribution in [1.29, 1.82) is 0 Å². The fourth-order valence-electron chi connectivity index (χ4n) is 2.24. The summed E-state index contributed by atoms with van der Waals surface area (Å²) < 4.78 is 36.4. The Hall–Kier alpha value is -2.90. The summed E-state index contributed by atoms with van der Waals surface area (Å²) in [4.78, 5) is 12.4. The van der Waals surface area contributed by atoms with E-state index in [0.29, 0.717) is 23.7 Å². The fraction of sp³-hybridized carbons (Fsp3) is 0.150. The van der Waals surface area contributed by atoms with Gasteiger partial charge in [0.1, 0.15) is 6.61 Å². The van der Waals surface area contributed by atoms with Crippen molar-refractivity contribution < 1.29 is 22.7 Å². The zero-order chi connectivity index (χ0) is 19.9. The van der Waals surface area contributed by atoms with Gasteiger partial charge in [0.05, 0.1) is 12.0 Å². The lowest BCUT2D eigenvalue weighted by atomic mass is 10.1. The summed E-state index contributed by atoms with van der Waals surface area (Å²) in [6, 6.07) is 11.0. The Morgan fingerprint density at radius 1 is 1.15 bits per heavy atom. The van der Waals surface area contributed by atoms with Crippen molar-refractivity contribution in [1.82, 2.24) is 4.72 Å². The molecule has 0 spiro atoms. The van der Waals surface area contributed by atoms with Gasteiger partial charge in [0.25, 0.3) is 0 Å². The normalized spacial score (nSPS) is 11.3. The van der Waals surface area contributed by atoms with Crippen molar-refractivity contribution in [2.24, 2.45) is 0 Å². The lowest BCUT2D eigenvalue weighted by molar-refractivity contribution is 0.104. The molecule has 0 aliphatic carbocycles. The quantitative estimate of drug-likeness (QED) is 0.406. The number of allylic oxidation sites excluding steroid dienone is 1. The smallest absolute Gasteiger partial charge is 0.240 e. The van der Waals surface area contributed by atoms with Gasteiger partial charge in [0.15, 0.2) is 17.3 Å². The van der Waals surface area contributed by atoms with E-state index in [-0.39, 0.29) is 10.7 Å². The minimum absolute atomic E-state index is 0.102. The van der Waals surface area contributed by atoms with E-state index in [1.165, 1.54) is 44.5 Å². The van der Waals surface area contributed by atoms with Crippen molar-refractivity contribution in [2.45, 2.75) is 4.90 Å². The topological polar surface area (TPSA) is 81.7 Å². The molecule has 0 unspecified atom stereocenters. The molecule has 0 fully saturated rings. The van der Waals surface area contributed by atoms with E-state index in [1.54, 1.807) is 30.4 Å². The lowest BCUT2D eigenvalue weighted by Crippen LogP contribution is -2.18. The van der Waals surface area contributed by atoms with Gasteiger partial charge in [-0.15, -0.1) is 0 Å². The highest BCUT2D eigenvalue weighted by Gasteiger charge is 2.11. The molecule has 0 radical (unpaired) electrons. The Kier molecular flexibility index (Phi) is 6.92. The first-order valence-electron chi connectivity index (χ1n) is 8.09. The zero-order valence-corrected chi connectivity index (χ0v) is 16.0. The van der Waals surface area contributed by atoms with Gasteiger partial charge in [-0.2, -0.15) is 0 Å². The summed E-state index contributed by atoms with van der Waals surface area (Å²) in [7, 11) is -0.656. The minimum Gasteiger partial charge on any atom is -0.493 e. The van der Waals surface area contributed by atoms with Crippen LogP contribution in [-0.4, -0.2) is 35.0 Å².